The predicted molar refractivity (Wildman–Crippen MR) is 74.0 cm³/mol. The summed E-state index contributed by atoms with van der Waals surface area (Å²) in [7, 11) is 0. The average molecular weight is 341 g/mol. The average Bonchev–Trinajstić information content (AvgIpc) is 2.16. The molecule has 6 heteroatoms. The number of ether oxygens (including phenoxy) is 1. The van der Waals surface area contributed by atoms with Gasteiger partial charge in [-0.2, -0.15) is 0 Å². The van der Waals surface area contributed by atoms with E-state index in [2.05, 4.69) is 21.2 Å². The highest BCUT2D eigenvalue weighted by molar-refractivity contribution is 9.10. The lowest BCUT2D eigenvalue weighted by atomic mass is 10.2. The Bertz CT molecular complexity index is 444. The van der Waals surface area contributed by atoms with Gasteiger partial charge in [-0.15, -0.1) is 0 Å². The molecule has 0 fully saturated rings. The molecular formula is C11H12BrCl2NO2. The second-order valence-corrected chi connectivity index (χ2v) is 5.96. The van der Waals surface area contributed by atoms with Crippen molar-refractivity contribution in [3.63, 3.8) is 0 Å². The van der Waals surface area contributed by atoms with Crippen molar-refractivity contribution >= 4 is 50.9 Å². The van der Waals surface area contributed by atoms with Crippen molar-refractivity contribution in [2.45, 2.75) is 26.4 Å². The highest BCUT2D eigenvalue weighted by Gasteiger charge is 2.18. The van der Waals surface area contributed by atoms with Gasteiger partial charge in [0.1, 0.15) is 5.60 Å². The standard InChI is InChI=1S/C11H12BrCl2NO2/c1-11(2,3)17-10(16)15-7-5-4-6(12)8(13)9(7)14/h4-5H,1-3H3,(H,15,16). The third-order valence-electron chi connectivity index (χ3n) is 1.67. The van der Waals surface area contributed by atoms with Gasteiger partial charge in [-0.1, -0.05) is 23.2 Å². The zero-order valence-electron chi connectivity index (χ0n) is 9.61. The van der Waals surface area contributed by atoms with Crippen LogP contribution in [0.1, 0.15) is 20.8 Å². The van der Waals surface area contributed by atoms with Crippen LogP contribution in [0.2, 0.25) is 10.0 Å². The maximum atomic E-state index is 11.5. The van der Waals surface area contributed by atoms with Crippen LogP contribution in [0, 0.1) is 0 Å². The Labute approximate surface area is 119 Å². The normalized spacial score (nSPS) is 11.2. The van der Waals surface area contributed by atoms with Gasteiger partial charge in [-0.25, -0.2) is 4.79 Å². The maximum Gasteiger partial charge on any atom is 0.412 e. The first-order valence-electron chi connectivity index (χ1n) is 4.84. The molecule has 0 bridgehead atoms. The van der Waals surface area contributed by atoms with Crippen LogP contribution in [0.5, 0.6) is 0 Å². The lowest BCUT2D eigenvalue weighted by Gasteiger charge is -2.20. The Morgan fingerprint density at radius 1 is 1.29 bits per heavy atom. The van der Waals surface area contributed by atoms with Crippen molar-refractivity contribution < 1.29 is 9.53 Å². The molecule has 0 radical (unpaired) electrons. The molecule has 0 saturated heterocycles. The number of nitrogens with one attached hydrogen (secondary N) is 1. The van der Waals surface area contributed by atoms with Crippen LogP contribution >= 0.6 is 39.1 Å². The zero-order valence-corrected chi connectivity index (χ0v) is 12.7. The Morgan fingerprint density at radius 2 is 1.88 bits per heavy atom. The van der Waals surface area contributed by atoms with E-state index in [9.17, 15) is 4.79 Å². The van der Waals surface area contributed by atoms with E-state index in [4.69, 9.17) is 27.9 Å². The van der Waals surface area contributed by atoms with Gasteiger partial charge in [0.05, 0.1) is 15.7 Å². The molecule has 0 aliphatic carbocycles. The molecule has 1 aromatic carbocycles. The molecular weight excluding hydrogens is 329 g/mol. The molecule has 0 unspecified atom stereocenters. The summed E-state index contributed by atoms with van der Waals surface area (Å²) in [6, 6.07) is 3.34. The fraction of sp³-hybridized carbons (Fsp3) is 0.364. The van der Waals surface area contributed by atoms with Gasteiger partial charge >= 0.3 is 6.09 Å². The van der Waals surface area contributed by atoms with Crippen molar-refractivity contribution in [3.05, 3.63) is 26.7 Å². The summed E-state index contributed by atoms with van der Waals surface area (Å²) in [5.74, 6) is 0. The molecule has 0 aliphatic heterocycles. The maximum absolute atomic E-state index is 11.5. The zero-order chi connectivity index (χ0) is 13.2. The summed E-state index contributed by atoms with van der Waals surface area (Å²) < 4.78 is 5.77. The first-order chi connectivity index (χ1) is 7.70. The quantitative estimate of drug-likeness (QED) is 0.722. The molecule has 17 heavy (non-hydrogen) atoms. The Morgan fingerprint density at radius 3 is 2.41 bits per heavy atom. The van der Waals surface area contributed by atoms with Crippen LogP contribution < -0.4 is 5.32 Å². The van der Waals surface area contributed by atoms with Crippen LogP contribution in [0.15, 0.2) is 16.6 Å². The van der Waals surface area contributed by atoms with E-state index >= 15 is 0 Å². The largest absolute Gasteiger partial charge is 0.444 e. The topological polar surface area (TPSA) is 38.3 Å². The molecule has 1 aromatic rings. The Hall–Kier alpha value is -0.450. The van der Waals surface area contributed by atoms with E-state index in [1.165, 1.54) is 0 Å². The Kier molecular flexibility index (Phi) is 4.69. The van der Waals surface area contributed by atoms with Crippen molar-refractivity contribution in [1.29, 1.82) is 0 Å². The van der Waals surface area contributed by atoms with E-state index in [-0.39, 0.29) is 5.02 Å². The van der Waals surface area contributed by atoms with Crippen LogP contribution in [0.25, 0.3) is 0 Å². The lowest BCUT2D eigenvalue weighted by molar-refractivity contribution is 0.0636. The number of rotatable bonds is 1. The summed E-state index contributed by atoms with van der Waals surface area (Å²) >= 11 is 15.1. The summed E-state index contributed by atoms with van der Waals surface area (Å²) in [5.41, 5.74) is -0.149. The summed E-state index contributed by atoms with van der Waals surface area (Å²) in [6.07, 6.45) is -0.571. The molecule has 0 atom stereocenters. The molecule has 0 aromatic heterocycles. The monoisotopic (exact) mass is 339 g/mol. The van der Waals surface area contributed by atoms with Gasteiger partial charge < -0.3 is 4.74 Å². The van der Waals surface area contributed by atoms with Crippen molar-refractivity contribution in [1.82, 2.24) is 0 Å². The SMILES string of the molecule is CC(C)(C)OC(=O)Nc1ccc(Br)c(Cl)c1Cl. The molecule has 94 valence electrons. The molecule has 0 aliphatic rings. The predicted octanol–water partition coefficient (Wildman–Crippen LogP) is 5.10. The summed E-state index contributed by atoms with van der Waals surface area (Å²) in [6.45, 7) is 5.34. The van der Waals surface area contributed by atoms with Gasteiger partial charge in [-0.05, 0) is 48.8 Å². The van der Waals surface area contributed by atoms with Crippen molar-refractivity contribution in [2.75, 3.05) is 5.32 Å². The third kappa shape index (κ3) is 4.37. The number of hydrogen-bond donors (Lipinski definition) is 1. The van der Waals surface area contributed by atoms with Gasteiger partial charge in [0.2, 0.25) is 0 Å². The minimum atomic E-state index is -0.571. The van der Waals surface area contributed by atoms with Crippen LogP contribution in [-0.4, -0.2) is 11.7 Å². The van der Waals surface area contributed by atoms with Crippen LogP contribution in [0.4, 0.5) is 10.5 Å². The Balaban J connectivity index is 2.83. The summed E-state index contributed by atoms with van der Waals surface area (Å²) in [5, 5.41) is 3.15. The van der Waals surface area contributed by atoms with Gasteiger partial charge in [0.25, 0.3) is 0 Å². The fourth-order valence-corrected chi connectivity index (χ4v) is 1.86. The number of benzene rings is 1. The first kappa shape index (κ1) is 14.6. The molecule has 0 spiro atoms. The van der Waals surface area contributed by atoms with E-state index in [0.29, 0.717) is 15.2 Å². The highest BCUT2D eigenvalue weighted by Crippen LogP contribution is 2.35. The fourth-order valence-electron chi connectivity index (χ4n) is 1.04. The first-order valence-corrected chi connectivity index (χ1v) is 6.39. The minimum Gasteiger partial charge on any atom is -0.444 e. The smallest absolute Gasteiger partial charge is 0.412 e. The molecule has 1 rings (SSSR count). The van der Waals surface area contributed by atoms with E-state index in [1.807, 2.05) is 0 Å². The van der Waals surface area contributed by atoms with Crippen molar-refractivity contribution in [3.8, 4) is 0 Å². The van der Waals surface area contributed by atoms with Crippen LogP contribution in [-0.2, 0) is 4.74 Å². The van der Waals surface area contributed by atoms with Gasteiger partial charge in [0.15, 0.2) is 0 Å². The molecule has 0 saturated carbocycles. The second kappa shape index (κ2) is 5.46. The second-order valence-electron chi connectivity index (χ2n) is 4.35. The number of halogens is 3. The van der Waals surface area contributed by atoms with Gasteiger partial charge in [-0.3, -0.25) is 5.32 Å². The van der Waals surface area contributed by atoms with E-state index in [0.717, 1.165) is 0 Å². The number of anilines is 1. The highest BCUT2D eigenvalue weighted by atomic mass is 79.9. The molecule has 0 heterocycles. The number of hydrogen-bond acceptors (Lipinski definition) is 2. The number of amides is 1. The number of carbonyl (C=O) groups excluding carboxylic acids is 1. The third-order valence-corrected chi connectivity index (χ3v) is 3.44. The minimum absolute atomic E-state index is 0.270. The molecule has 1 amide bonds. The van der Waals surface area contributed by atoms with Crippen LogP contribution in [0.3, 0.4) is 0 Å². The van der Waals surface area contributed by atoms with Gasteiger partial charge in [0, 0.05) is 4.47 Å². The van der Waals surface area contributed by atoms with E-state index < -0.39 is 11.7 Å². The number of carbonyl (C=O) groups is 1. The van der Waals surface area contributed by atoms with Crippen molar-refractivity contribution in [2.24, 2.45) is 0 Å². The summed E-state index contributed by atoms with van der Waals surface area (Å²) in [4.78, 5) is 11.5. The lowest BCUT2D eigenvalue weighted by Crippen LogP contribution is -2.27. The molecule has 1 N–H and O–H groups in total. The van der Waals surface area contributed by atoms with E-state index in [1.54, 1.807) is 32.9 Å². The molecule has 3 nitrogen and oxygen atoms in total.